The Labute approximate surface area is 135 Å². The van der Waals surface area contributed by atoms with Crippen LogP contribution in [-0.4, -0.2) is 26.8 Å². The van der Waals surface area contributed by atoms with Crippen molar-refractivity contribution in [1.82, 2.24) is 9.78 Å². The summed E-state index contributed by atoms with van der Waals surface area (Å²) in [6.45, 7) is 7.51. The molecule has 1 amide bonds. The lowest BCUT2D eigenvalue weighted by atomic mass is 10.0. The predicted octanol–water partition coefficient (Wildman–Crippen LogP) is 3.11. The predicted molar refractivity (Wildman–Crippen MR) is 88.1 cm³/mol. The van der Waals surface area contributed by atoms with Gasteiger partial charge in [-0.15, -0.1) is 0 Å². The molecule has 0 aliphatic carbocycles. The Hall–Kier alpha value is -2.63. The average Bonchev–Trinajstić information content (AvgIpc) is 2.83. The van der Waals surface area contributed by atoms with Crippen LogP contribution in [0.15, 0.2) is 18.3 Å². The first kappa shape index (κ1) is 16.7. The largest absolute Gasteiger partial charge is 0.478 e. The number of nitrogens with one attached hydrogen (secondary N) is 1. The molecule has 1 aromatic heterocycles. The third-order valence-corrected chi connectivity index (χ3v) is 3.70. The van der Waals surface area contributed by atoms with Crippen molar-refractivity contribution < 1.29 is 14.7 Å². The molecule has 1 aromatic carbocycles. The normalized spacial score (nSPS) is 10.9. The lowest BCUT2D eigenvalue weighted by molar-refractivity contribution is 0.0695. The number of benzene rings is 1. The van der Waals surface area contributed by atoms with Crippen LogP contribution in [0.4, 0.5) is 5.69 Å². The van der Waals surface area contributed by atoms with Crippen LogP contribution in [0, 0.1) is 13.8 Å². The van der Waals surface area contributed by atoms with Gasteiger partial charge in [-0.25, -0.2) is 4.79 Å². The van der Waals surface area contributed by atoms with E-state index in [0.29, 0.717) is 22.5 Å². The van der Waals surface area contributed by atoms with Gasteiger partial charge in [0, 0.05) is 18.9 Å². The van der Waals surface area contributed by atoms with Crippen LogP contribution >= 0.6 is 0 Å². The lowest BCUT2D eigenvalue weighted by Crippen LogP contribution is -2.15. The van der Waals surface area contributed by atoms with E-state index in [2.05, 4.69) is 10.4 Å². The summed E-state index contributed by atoms with van der Waals surface area (Å²) in [6, 6.07) is 3.25. The highest BCUT2D eigenvalue weighted by molar-refractivity contribution is 6.06. The molecule has 0 spiro atoms. The molecule has 0 saturated carbocycles. The number of nitrogens with zero attached hydrogens (tertiary/aromatic N) is 2. The molecule has 6 nitrogen and oxygen atoms in total. The third-order valence-electron chi connectivity index (χ3n) is 3.70. The Bertz CT molecular complexity index is 776. The van der Waals surface area contributed by atoms with Crippen molar-refractivity contribution in [3.8, 4) is 0 Å². The molecule has 0 aliphatic rings. The zero-order valence-corrected chi connectivity index (χ0v) is 14.0. The van der Waals surface area contributed by atoms with E-state index in [1.165, 1.54) is 6.07 Å². The van der Waals surface area contributed by atoms with Crippen molar-refractivity contribution in [3.05, 3.63) is 46.3 Å². The number of carboxylic acids is 1. The molecule has 2 aromatic rings. The molecule has 0 saturated heterocycles. The van der Waals surface area contributed by atoms with Crippen molar-refractivity contribution in [3.63, 3.8) is 0 Å². The summed E-state index contributed by atoms with van der Waals surface area (Å²) in [4.78, 5) is 23.8. The van der Waals surface area contributed by atoms with Crippen LogP contribution in [0.2, 0.25) is 0 Å². The number of carbonyl (C=O) groups excluding carboxylic acids is 1. The molecule has 2 N–H and O–H groups in total. The topological polar surface area (TPSA) is 84.2 Å². The van der Waals surface area contributed by atoms with E-state index >= 15 is 0 Å². The molecule has 0 unspecified atom stereocenters. The van der Waals surface area contributed by atoms with Gasteiger partial charge in [0.15, 0.2) is 0 Å². The maximum Gasteiger partial charge on any atom is 0.336 e. The minimum Gasteiger partial charge on any atom is -0.478 e. The summed E-state index contributed by atoms with van der Waals surface area (Å²) >= 11 is 0. The molecule has 2 rings (SSSR count). The molecule has 6 heteroatoms. The van der Waals surface area contributed by atoms with Crippen LogP contribution in [0.3, 0.4) is 0 Å². The highest BCUT2D eigenvalue weighted by Crippen LogP contribution is 2.23. The van der Waals surface area contributed by atoms with E-state index in [-0.39, 0.29) is 17.4 Å². The van der Waals surface area contributed by atoms with Gasteiger partial charge in [0.2, 0.25) is 0 Å². The van der Waals surface area contributed by atoms with Gasteiger partial charge in [0.1, 0.15) is 0 Å². The van der Waals surface area contributed by atoms with Gasteiger partial charge in [-0.3, -0.25) is 9.48 Å². The van der Waals surface area contributed by atoms with Crippen molar-refractivity contribution in [1.29, 1.82) is 0 Å². The average molecular weight is 315 g/mol. The molecule has 23 heavy (non-hydrogen) atoms. The summed E-state index contributed by atoms with van der Waals surface area (Å²) in [5.74, 6) is -1.18. The van der Waals surface area contributed by atoms with Gasteiger partial charge < -0.3 is 10.4 Å². The standard InChI is InChI=1S/C17H21N3O3/c1-9(2)15-13(8-20(5)19-15)16(21)18-14-7-12(17(22)23)10(3)6-11(14)4/h6-9H,1-5H3,(H,18,21)(H,22,23). The molecule has 0 aliphatic heterocycles. The monoisotopic (exact) mass is 315 g/mol. The highest BCUT2D eigenvalue weighted by Gasteiger charge is 2.19. The minimum absolute atomic E-state index is 0.116. The maximum absolute atomic E-state index is 12.6. The number of aromatic carboxylic acids is 1. The summed E-state index contributed by atoms with van der Waals surface area (Å²) in [7, 11) is 1.77. The number of amides is 1. The van der Waals surface area contributed by atoms with E-state index < -0.39 is 5.97 Å². The Morgan fingerprint density at radius 2 is 1.83 bits per heavy atom. The summed E-state index contributed by atoms with van der Waals surface area (Å²) in [5.41, 5.74) is 3.37. The van der Waals surface area contributed by atoms with Crippen molar-refractivity contribution in [2.45, 2.75) is 33.6 Å². The van der Waals surface area contributed by atoms with Crippen molar-refractivity contribution in [2.24, 2.45) is 7.05 Å². The minimum atomic E-state index is -1.01. The van der Waals surface area contributed by atoms with Crippen LogP contribution < -0.4 is 5.32 Å². The van der Waals surface area contributed by atoms with E-state index in [1.807, 2.05) is 20.8 Å². The second-order valence-corrected chi connectivity index (χ2v) is 6.00. The first-order valence-corrected chi connectivity index (χ1v) is 7.40. The zero-order chi connectivity index (χ0) is 17.3. The third kappa shape index (κ3) is 3.41. The van der Waals surface area contributed by atoms with Crippen LogP contribution in [-0.2, 0) is 7.05 Å². The summed E-state index contributed by atoms with van der Waals surface area (Å²) < 4.78 is 1.61. The van der Waals surface area contributed by atoms with Gasteiger partial charge in [0.25, 0.3) is 5.91 Å². The first-order chi connectivity index (χ1) is 10.7. The number of hydrogen-bond donors (Lipinski definition) is 2. The number of carbonyl (C=O) groups is 2. The molecular formula is C17H21N3O3. The van der Waals surface area contributed by atoms with E-state index in [0.717, 1.165) is 5.56 Å². The SMILES string of the molecule is Cc1cc(C)c(C(=O)O)cc1NC(=O)c1cn(C)nc1C(C)C. The van der Waals surface area contributed by atoms with E-state index in [4.69, 9.17) is 0 Å². The van der Waals surface area contributed by atoms with Gasteiger partial charge >= 0.3 is 5.97 Å². The van der Waals surface area contributed by atoms with Gasteiger partial charge in [-0.1, -0.05) is 19.9 Å². The van der Waals surface area contributed by atoms with E-state index in [1.54, 1.807) is 30.9 Å². The van der Waals surface area contributed by atoms with Gasteiger partial charge in [0.05, 0.1) is 16.8 Å². The van der Waals surface area contributed by atoms with Crippen LogP contribution in [0.5, 0.6) is 0 Å². The second kappa shape index (κ2) is 6.24. The molecule has 122 valence electrons. The molecular weight excluding hydrogens is 294 g/mol. The van der Waals surface area contributed by atoms with Crippen molar-refractivity contribution >= 4 is 17.6 Å². The molecule has 0 fully saturated rings. The van der Waals surface area contributed by atoms with Gasteiger partial charge in [-0.2, -0.15) is 5.10 Å². The summed E-state index contributed by atoms with van der Waals surface area (Å²) in [5, 5.41) is 16.3. The second-order valence-electron chi connectivity index (χ2n) is 6.00. The molecule has 0 bridgehead atoms. The number of aryl methyl sites for hydroxylation is 3. The van der Waals surface area contributed by atoms with Crippen LogP contribution in [0.1, 0.15) is 57.3 Å². The van der Waals surface area contributed by atoms with Crippen molar-refractivity contribution in [2.75, 3.05) is 5.32 Å². The fraction of sp³-hybridized carbons (Fsp3) is 0.353. The number of aromatic nitrogens is 2. The maximum atomic E-state index is 12.6. The number of hydrogen-bond acceptors (Lipinski definition) is 3. The Balaban J connectivity index is 2.38. The van der Waals surface area contributed by atoms with E-state index in [9.17, 15) is 14.7 Å². The summed E-state index contributed by atoms with van der Waals surface area (Å²) in [6.07, 6.45) is 1.67. The Kier molecular flexibility index (Phi) is 4.54. The fourth-order valence-electron chi connectivity index (χ4n) is 2.51. The van der Waals surface area contributed by atoms with Crippen LogP contribution in [0.25, 0.3) is 0 Å². The molecule has 0 atom stereocenters. The smallest absolute Gasteiger partial charge is 0.336 e. The first-order valence-electron chi connectivity index (χ1n) is 7.40. The number of rotatable bonds is 4. The molecule has 0 radical (unpaired) electrons. The quantitative estimate of drug-likeness (QED) is 0.908. The Morgan fingerprint density at radius 3 is 2.39 bits per heavy atom. The Morgan fingerprint density at radius 1 is 1.17 bits per heavy atom. The number of anilines is 1. The zero-order valence-electron chi connectivity index (χ0n) is 14.0. The highest BCUT2D eigenvalue weighted by atomic mass is 16.4. The lowest BCUT2D eigenvalue weighted by Gasteiger charge is -2.12. The number of carboxylic acid groups (broad SMARTS) is 1. The fourth-order valence-corrected chi connectivity index (χ4v) is 2.51. The van der Waals surface area contributed by atoms with Gasteiger partial charge in [-0.05, 0) is 37.0 Å². The molecule has 1 heterocycles.